The van der Waals surface area contributed by atoms with E-state index < -0.39 is 10.0 Å². The summed E-state index contributed by atoms with van der Waals surface area (Å²) in [6.07, 6.45) is 0.745. The number of nitrogens with zero attached hydrogens (tertiary/aromatic N) is 1. The fourth-order valence-corrected chi connectivity index (χ4v) is 5.60. The number of benzene rings is 2. The summed E-state index contributed by atoms with van der Waals surface area (Å²) < 4.78 is 32.0. The van der Waals surface area contributed by atoms with Crippen LogP contribution in [0.5, 0.6) is 0 Å². The zero-order valence-corrected chi connectivity index (χ0v) is 18.4. The molecule has 10 heteroatoms. The van der Waals surface area contributed by atoms with E-state index in [4.69, 9.17) is 4.74 Å². The van der Waals surface area contributed by atoms with Gasteiger partial charge in [-0.3, -0.25) is 9.59 Å². The second-order valence-electron chi connectivity index (χ2n) is 7.26. The molecule has 164 valence electrons. The van der Waals surface area contributed by atoms with Crippen LogP contribution in [-0.4, -0.2) is 56.6 Å². The number of hydrogen-bond donors (Lipinski definition) is 2. The average molecular weight is 462 g/mol. The quantitative estimate of drug-likeness (QED) is 0.684. The lowest BCUT2D eigenvalue weighted by Gasteiger charge is -2.26. The van der Waals surface area contributed by atoms with Gasteiger partial charge < -0.3 is 15.4 Å². The second-order valence-corrected chi connectivity index (χ2v) is 10.2. The topological polar surface area (TPSA) is 105 Å². The van der Waals surface area contributed by atoms with Gasteiger partial charge in [-0.1, -0.05) is 12.1 Å². The van der Waals surface area contributed by atoms with Crippen LogP contribution in [0.3, 0.4) is 0 Å². The Morgan fingerprint density at radius 2 is 1.87 bits per heavy atom. The number of rotatable bonds is 6. The Kier molecular flexibility index (Phi) is 6.61. The van der Waals surface area contributed by atoms with E-state index in [1.54, 1.807) is 30.3 Å². The van der Waals surface area contributed by atoms with Crippen LogP contribution in [0.2, 0.25) is 0 Å². The van der Waals surface area contributed by atoms with E-state index in [-0.39, 0.29) is 23.1 Å². The maximum absolute atomic E-state index is 12.7. The van der Waals surface area contributed by atoms with E-state index in [1.807, 2.05) is 12.1 Å². The molecular weight excluding hydrogens is 438 g/mol. The van der Waals surface area contributed by atoms with Crippen molar-refractivity contribution in [2.45, 2.75) is 22.6 Å². The van der Waals surface area contributed by atoms with Crippen LogP contribution in [0, 0.1) is 0 Å². The van der Waals surface area contributed by atoms with Gasteiger partial charge >= 0.3 is 0 Å². The van der Waals surface area contributed by atoms with Crippen molar-refractivity contribution in [3.63, 3.8) is 0 Å². The van der Waals surface area contributed by atoms with Gasteiger partial charge in [-0.2, -0.15) is 4.31 Å². The van der Waals surface area contributed by atoms with Gasteiger partial charge in [-0.05, 0) is 42.3 Å². The maximum Gasteiger partial charge on any atom is 0.243 e. The largest absolute Gasteiger partial charge is 0.379 e. The molecule has 0 aromatic heterocycles. The van der Waals surface area contributed by atoms with Crippen LogP contribution in [0.25, 0.3) is 0 Å². The van der Waals surface area contributed by atoms with E-state index in [2.05, 4.69) is 10.6 Å². The number of sulfonamides is 1. The highest BCUT2D eigenvalue weighted by Crippen LogP contribution is 2.33. The number of carbonyl (C=O) groups excluding carboxylic acids is 2. The Morgan fingerprint density at radius 3 is 2.61 bits per heavy atom. The molecule has 2 aromatic rings. The molecule has 0 radical (unpaired) electrons. The smallest absolute Gasteiger partial charge is 0.243 e. The normalized spacial score (nSPS) is 17.0. The van der Waals surface area contributed by atoms with Crippen molar-refractivity contribution in [1.29, 1.82) is 0 Å². The van der Waals surface area contributed by atoms with Gasteiger partial charge in [0.1, 0.15) is 0 Å². The van der Waals surface area contributed by atoms with Gasteiger partial charge in [0.25, 0.3) is 0 Å². The van der Waals surface area contributed by atoms with Crippen molar-refractivity contribution >= 4 is 45.0 Å². The van der Waals surface area contributed by atoms with Crippen LogP contribution in [0.15, 0.2) is 52.3 Å². The zero-order valence-electron chi connectivity index (χ0n) is 16.8. The first kappa shape index (κ1) is 21.8. The third kappa shape index (κ3) is 5.27. The summed E-state index contributed by atoms with van der Waals surface area (Å²) in [5.74, 6) is 0.186. The molecule has 2 aliphatic heterocycles. The number of nitrogens with one attached hydrogen (secondary N) is 2. The minimum atomic E-state index is -3.52. The number of aryl methyl sites for hydroxylation is 1. The molecule has 0 bridgehead atoms. The Labute approximate surface area is 185 Å². The van der Waals surface area contributed by atoms with Crippen molar-refractivity contribution in [2.75, 3.05) is 42.7 Å². The van der Waals surface area contributed by atoms with Crippen LogP contribution >= 0.6 is 11.8 Å². The molecule has 4 rings (SSSR count). The molecular formula is C21H23N3O5S2. The van der Waals surface area contributed by atoms with Gasteiger partial charge in [-0.25, -0.2) is 8.42 Å². The molecule has 8 nitrogen and oxygen atoms in total. The number of ether oxygens (including phenoxy) is 1. The van der Waals surface area contributed by atoms with E-state index in [0.717, 1.165) is 10.5 Å². The lowest BCUT2D eigenvalue weighted by atomic mass is 10.1. The van der Waals surface area contributed by atoms with E-state index in [1.165, 1.54) is 16.1 Å². The third-order valence-corrected chi connectivity index (χ3v) is 8.05. The highest BCUT2D eigenvalue weighted by Gasteiger charge is 2.26. The molecule has 2 N–H and O–H groups in total. The molecule has 2 amide bonds. The fourth-order valence-electron chi connectivity index (χ4n) is 3.41. The highest BCUT2D eigenvalue weighted by molar-refractivity contribution is 8.00. The second kappa shape index (κ2) is 9.39. The molecule has 0 atom stereocenters. The average Bonchev–Trinajstić information content (AvgIpc) is 2.78. The van der Waals surface area contributed by atoms with Gasteiger partial charge in [0.15, 0.2) is 0 Å². The Balaban J connectivity index is 1.32. The molecule has 2 aromatic carbocycles. The third-order valence-electron chi connectivity index (χ3n) is 5.07. The molecule has 0 spiro atoms. The van der Waals surface area contributed by atoms with E-state index in [0.29, 0.717) is 49.9 Å². The first-order valence-corrected chi connectivity index (χ1v) is 12.4. The summed E-state index contributed by atoms with van der Waals surface area (Å²) in [4.78, 5) is 25.1. The molecule has 1 fully saturated rings. The molecule has 31 heavy (non-hydrogen) atoms. The zero-order chi connectivity index (χ0) is 21.8. The molecule has 0 saturated carbocycles. The molecule has 2 heterocycles. The van der Waals surface area contributed by atoms with E-state index >= 15 is 0 Å². The molecule has 1 saturated heterocycles. The summed E-state index contributed by atoms with van der Waals surface area (Å²) in [5.41, 5.74) is 2.21. The molecule has 2 aliphatic rings. The number of amides is 2. The fraction of sp³-hybridized carbons (Fsp3) is 0.333. The van der Waals surface area contributed by atoms with Crippen molar-refractivity contribution in [2.24, 2.45) is 0 Å². The van der Waals surface area contributed by atoms with Crippen LogP contribution in [0.4, 0.5) is 11.4 Å². The summed E-state index contributed by atoms with van der Waals surface area (Å²) in [7, 11) is -3.52. The van der Waals surface area contributed by atoms with Gasteiger partial charge in [0, 0.05) is 30.1 Å². The number of anilines is 2. The summed E-state index contributed by atoms with van der Waals surface area (Å²) in [5, 5.41) is 5.64. The minimum Gasteiger partial charge on any atom is -0.379 e. The number of thioether (sulfide) groups is 1. The first-order valence-electron chi connectivity index (χ1n) is 9.95. The lowest BCUT2D eigenvalue weighted by molar-refractivity contribution is -0.116. The van der Waals surface area contributed by atoms with Crippen LogP contribution in [0.1, 0.15) is 12.0 Å². The summed E-state index contributed by atoms with van der Waals surface area (Å²) in [6.45, 7) is 1.52. The first-order chi connectivity index (χ1) is 14.9. The lowest BCUT2D eigenvalue weighted by Crippen LogP contribution is -2.40. The molecule has 0 unspecified atom stereocenters. The monoisotopic (exact) mass is 461 g/mol. The van der Waals surface area contributed by atoms with Crippen LogP contribution in [-0.2, 0) is 30.8 Å². The van der Waals surface area contributed by atoms with Crippen molar-refractivity contribution < 1.29 is 22.7 Å². The summed E-state index contributed by atoms with van der Waals surface area (Å²) in [6, 6.07) is 12.1. The summed E-state index contributed by atoms with van der Waals surface area (Å²) >= 11 is 1.47. The predicted octanol–water partition coefficient (Wildman–Crippen LogP) is 2.32. The number of morpholine rings is 1. The number of fused-ring (bicyclic) bond motifs is 1. The van der Waals surface area contributed by atoms with Crippen molar-refractivity contribution in [1.82, 2.24) is 4.31 Å². The Bertz CT molecular complexity index is 1080. The van der Waals surface area contributed by atoms with Gasteiger partial charge in [-0.15, -0.1) is 11.8 Å². The SMILES string of the molecule is O=C(CCc1ccc(S(=O)(=O)N2CCOCC2)cc1)Nc1ccc2c(c1)NC(=O)CS2. The molecule has 0 aliphatic carbocycles. The van der Waals surface area contributed by atoms with E-state index in [9.17, 15) is 18.0 Å². The minimum absolute atomic E-state index is 0.0555. The van der Waals surface area contributed by atoms with Crippen molar-refractivity contribution in [3.8, 4) is 0 Å². The standard InChI is InChI=1S/C21H23N3O5S2/c25-20(22-16-4-7-19-18(13-16)23-21(26)14-30-19)8-3-15-1-5-17(6-2-15)31(27,28)24-9-11-29-12-10-24/h1-2,4-7,13H,3,8-12,14H2,(H,22,25)(H,23,26). The Morgan fingerprint density at radius 1 is 1.13 bits per heavy atom. The number of hydrogen-bond acceptors (Lipinski definition) is 6. The predicted molar refractivity (Wildman–Crippen MR) is 119 cm³/mol. The van der Waals surface area contributed by atoms with Gasteiger partial charge in [0.2, 0.25) is 21.8 Å². The van der Waals surface area contributed by atoms with Gasteiger partial charge in [0.05, 0.1) is 29.5 Å². The highest BCUT2D eigenvalue weighted by atomic mass is 32.2. The Hall–Kier alpha value is -2.40. The number of carbonyl (C=O) groups is 2. The van der Waals surface area contributed by atoms with Crippen molar-refractivity contribution in [3.05, 3.63) is 48.0 Å². The van der Waals surface area contributed by atoms with Crippen LogP contribution < -0.4 is 10.6 Å². The maximum atomic E-state index is 12.7.